The Bertz CT molecular complexity index is 766. The second-order valence-corrected chi connectivity index (χ2v) is 10.7. The Labute approximate surface area is 161 Å². The van der Waals surface area contributed by atoms with Crippen molar-refractivity contribution in [1.29, 1.82) is 0 Å². The summed E-state index contributed by atoms with van der Waals surface area (Å²) in [5.41, 5.74) is 9.50. The van der Waals surface area contributed by atoms with Gasteiger partial charge in [-0.25, -0.2) is 0 Å². The second-order valence-electron chi connectivity index (χ2n) is 10.7. The van der Waals surface area contributed by atoms with Crippen LogP contribution in [0.15, 0.2) is 41.1 Å². The van der Waals surface area contributed by atoms with Crippen molar-refractivity contribution in [2.24, 2.45) is 10.8 Å². The van der Waals surface area contributed by atoms with E-state index >= 15 is 0 Å². The van der Waals surface area contributed by atoms with Crippen molar-refractivity contribution in [2.45, 2.75) is 86.5 Å². The van der Waals surface area contributed by atoms with Gasteiger partial charge >= 0.3 is 0 Å². The molecule has 0 saturated heterocycles. The van der Waals surface area contributed by atoms with Gasteiger partial charge in [0.15, 0.2) is 0 Å². The lowest BCUT2D eigenvalue weighted by Crippen LogP contribution is -2.32. The zero-order chi connectivity index (χ0) is 19.3. The molecule has 0 heterocycles. The maximum Gasteiger partial charge on any atom is 0.0411 e. The highest BCUT2D eigenvalue weighted by Crippen LogP contribution is 2.52. The largest absolute Gasteiger partial charge is 0.359 e. The summed E-state index contributed by atoms with van der Waals surface area (Å²) >= 11 is 0. The molecule has 0 aromatic heterocycles. The lowest BCUT2D eigenvalue weighted by Gasteiger charge is -2.45. The van der Waals surface area contributed by atoms with E-state index in [4.69, 9.17) is 0 Å². The number of hydrogen-bond donors (Lipinski definition) is 1. The summed E-state index contributed by atoms with van der Waals surface area (Å²) < 4.78 is 0. The Kier molecular flexibility index (Phi) is 4.66. The molecule has 0 radical (unpaired) electrons. The number of hydrogen-bond acceptors (Lipinski definition) is 1. The maximum atomic E-state index is 3.75. The third kappa shape index (κ3) is 3.63. The van der Waals surface area contributed by atoms with Gasteiger partial charge in [0.05, 0.1) is 0 Å². The van der Waals surface area contributed by atoms with Crippen LogP contribution in [-0.2, 0) is 5.41 Å². The van der Waals surface area contributed by atoms with Crippen molar-refractivity contribution in [3.8, 4) is 0 Å². The highest BCUT2D eigenvalue weighted by Gasteiger charge is 2.39. The Hall–Kier alpha value is -1.50. The summed E-state index contributed by atoms with van der Waals surface area (Å²) in [4.78, 5) is 0. The SMILES string of the molecule is Cc1cc(C(C)(C)C)ccc1NC1=CC2=C(CC1)C(C)(C)CCC2(C)C. The minimum absolute atomic E-state index is 0.199. The van der Waals surface area contributed by atoms with Crippen LogP contribution in [0.4, 0.5) is 5.69 Å². The monoisotopic (exact) mass is 351 g/mol. The van der Waals surface area contributed by atoms with Gasteiger partial charge in [-0.3, -0.25) is 0 Å². The Morgan fingerprint density at radius 1 is 0.923 bits per heavy atom. The average molecular weight is 352 g/mol. The minimum atomic E-state index is 0.199. The highest BCUT2D eigenvalue weighted by molar-refractivity contribution is 5.58. The van der Waals surface area contributed by atoms with Crippen LogP contribution in [0.1, 0.15) is 85.3 Å². The number of benzene rings is 1. The molecule has 142 valence electrons. The van der Waals surface area contributed by atoms with E-state index in [-0.39, 0.29) is 5.41 Å². The number of rotatable bonds is 2. The van der Waals surface area contributed by atoms with Gasteiger partial charge in [0.25, 0.3) is 0 Å². The van der Waals surface area contributed by atoms with E-state index in [1.165, 1.54) is 41.8 Å². The fourth-order valence-electron chi connectivity index (χ4n) is 4.49. The molecule has 0 saturated carbocycles. The summed E-state index contributed by atoms with van der Waals surface area (Å²) in [7, 11) is 0. The van der Waals surface area contributed by atoms with E-state index in [1.807, 2.05) is 0 Å². The molecule has 3 rings (SSSR count). The quantitative estimate of drug-likeness (QED) is 0.580. The van der Waals surface area contributed by atoms with Crippen LogP contribution >= 0.6 is 0 Å². The Morgan fingerprint density at radius 2 is 1.58 bits per heavy atom. The van der Waals surface area contributed by atoms with E-state index in [0.29, 0.717) is 10.8 Å². The molecule has 0 spiro atoms. The molecule has 0 atom stereocenters. The number of allylic oxidation sites excluding steroid dienone is 4. The summed E-state index contributed by atoms with van der Waals surface area (Å²) in [6.45, 7) is 18.7. The van der Waals surface area contributed by atoms with Crippen LogP contribution in [0.25, 0.3) is 0 Å². The summed E-state index contributed by atoms with van der Waals surface area (Å²) in [6, 6.07) is 6.87. The summed E-state index contributed by atoms with van der Waals surface area (Å²) in [5, 5.41) is 3.75. The minimum Gasteiger partial charge on any atom is -0.359 e. The van der Waals surface area contributed by atoms with Crippen LogP contribution in [0.5, 0.6) is 0 Å². The number of aryl methyl sites for hydroxylation is 1. The third-order valence-corrected chi connectivity index (χ3v) is 6.60. The zero-order valence-electron chi connectivity index (χ0n) is 18.1. The van der Waals surface area contributed by atoms with Crippen molar-refractivity contribution in [3.05, 3.63) is 52.2 Å². The van der Waals surface area contributed by atoms with E-state index in [9.17, 15) is 0 Å². The van der Waals surface area contributed by atoms with Gasteiger partial charge in [-0.15, -0.1) is 0 Å². The maximum absolute atomic E-state index is 3.75. The summed E-state index contributed by atoms with van der Waals surface area (Å²) in [6.07, 6.45) is 7.38. The topological polar surface area (TPSA) is 12.0 Å². The van der Waals surface area contributed by atoms with Gasteiger partial charge in [-0.05, 0) is 77.7 Å². The number of nitrogens with one attached hydrogen (secondary N) is 1. The highest BCUT2D eigenvalue weighted by atomic mass is 14.9. The fourth-order valence-corrected chi connectivity index (χ4v) is 4.49. The molecule has 1 aromatic carbocycles. The molecule has 1 aromatic rings. The fraction of sp³-hybridized carbons (Fsp3) is 0.600. The van der Waals surface area contributed by atoms with Crippen molar-refractivity contribution < 1.29 is 0 Å². The molecular formula is C25H37N. The van der Waals surface area contributed by atoms with E-state index in [2.05, 4.69) is 85.0 Å². The van der Waals surface area contributed by atoms with Crippen LogP contribution in [0, 0.1) is 17.8 Å². The van der Waals surface area contributed by atoms with E-state index in [1.54, 1.807) is 11.1 Å². The van der Waals surface area contributed by atoms with Crippen LogP contribution < -0.4 is 5.32 Å². The molecule has 2 aliphatic carbocycles. The standard InChI is InChI=1S/C25H37N/c1-17-15-18(23(2,3)4)9-12-22(17)26-19-10-11-20-21(16-19)25(7,8)14-13-24(20,5)6/h9,12,15-16,26H,10-11,13-14H2,1-8H3. The first-order valence-electron chi connectivity index (χ1n) is 10.2. The normalized spacial score (nSPS) is 21.9. The summed E-state index contributed by atoms with van der Waals surface area (Å²) in [5.74, 6) is 0. The number of anilines is 1. The third-order valence-electron chi connectivity index (χ3n) is 6.60. The molecule has 0 bridgehead atoms. The van der Waals surface area contributed by atoms with Crippen LogP contribution in [0.3, 0.4) is 0 Å². The Morgan fingerprint density at radius 3 is 2.19 bits per heavy atom. The van der Waals surface area contributed by atoms with Gasteiger partial charge in [0, 0.05) is 11.4 Å². The van der Waals surface area contributed by atoms with Gasteiger partial charge in [0.2, 0.25) is 0 Å². The van der Waals surface area contributed by atoms with Crippen molar-refractivity contribution in [3.63, 3.8) is 0 Å². The zero-order valence-corrected chi connectivity index (χ0v) is 18.1. The molecule has 0 fully saturated rings. The van der Waals surface area contributed by atoms with Gasteiger partial charge in [-0.1, -0.05) is 66.2 Å². The van der Waals surface area contributed by atoms with Gasteiger partial charge in [-0.2, -0.15) is 0 Å². The first kappa shape index (κ1) is 19.3. The van der Waals surface area contributed by atoms with E-state index < -0.39 is 0 Å². The lowest BCUT2D eigenvalue weighted by atomic mass is 9.60. The van der Waals surface area contributed by atoms with Crippen LogP contribution in [0.2, 0.25) is 0 Å². The molecule has 1 nitrogen and oxygen atoms in total. The first-order chi connectivity index (χ1) is 11.9. The Balaban J connectivity index is 1.91. The molecule has 0 aliphatic heterocycles. The lowest BCUT2D eigenvalue weighted by molar-refractivity contribution is 0.257. The van der Waals surface area contributed by atoms with Crippen LogP contribution in [-0.4, -0.2) is 0 Å². The second kappa shape index (κ2) is 6.29. The van der Waals surface area contributed by atoms with Crippen molar-refractivity contribution in [2.75, 3.05) is 5.32 Å². The molecule has 1 N–H and O–H groups in total. The van der Waals surface area contributed by atoms with Gasteiger partial charge in [0.1, 0.15) is 0 Å². The smallest absolute Gasteiger partial charge is 0.0411 e. The molecule has 26 heavy (non-hydrogen) atoms. The van der Waals surface area contributed by atoms with Gasteiger partial charge < -0.3 is 5.32 Å². The molecule has 2 aliphatic rings. The van der Waals surface area contributed by atoms with Crippen molar-refractivity contribution >= 4 is 5.69 Å². The average Bonchev–Trinajstić information content (AvgIpc) is 2.53. The molecule has 0 unspecified atom stereocenters. The molecule has 1 heteroatoms. The predicted molar refractivity (Wildman–Crippen MR) is 115 cm³/mol. The molecule has 0 amide bonds. The van der Waals surface area contributed by atoms with E-state index in [0.717, 1.165) is 6.42 Å². The molecular weight excluding hydrogens is 314 g/mol. The first-order valence-corrected chi connectivity index (χ1v) is 10.2. The van der Waals surface area contributed by atoms with Crippen molar-refractivity contribution in [1.82, 2.24) is 0 Å². The predicted octanol–water partition coefficient (Wildman–Crippen LogP) is 7.52.